The largest absolute Gasteiger partial charge is 0.298 e. The van der Waals surface area contributed by atoms with Crippen molar-refractivity contribution in [2.45, 2.75) is 38.5 Å². The molecule has 0 saturated carbocycles. The Hall–Kier alpha value is -3.45. The van der Waals surface area contributed by atoms with Gasteiger partial charge in [-0.1, -0.05) is 109 Å². The van der Waals surface area contributed by atoms with Gasteiger partial charge in [0.05, 0.1) is 0 Å². The molecule has 0 fully saturated rings. The summed E-state index contributed by atoms with van der Waals surface area (Å²) in [4.78, 5) is 13.8. The van der Waals surface area contributed by atoms with Gasteiger partial charge in [0.2, 0.25) is 0 Å². The maximum atomic E-state index is 13.8. The van der Waals surface area contributed by atoms with Gasteiger partial charge in [-0.05, 0) is 61.1 Å². The molecule has 1 nitrogen and oxygen atoms in total. The first-order chi connectivity index (χ1) is 15.3. The number of carbonyl (C=O) groups is 1. The van der Waals surface area contributed by atoms with E-state index in [0.29, 0.717) is 0 Å². The van der Waals surface area contributed by atoms with Gasteiger partial charge in [0.15, 0.2) is 5.78 Å². The molecule has 4 aromatic carbocycles. The van der Waals surface area contributed by atoms with Crippen LogP contribution in [0.1, 0.15) is 38.8 Å². The van der Waals surface area contributed by atoms with Gasteiger partial charge in [0, 0.05) is 10.8 Å². The highest BCUT2D eigenvalue weighted by molar-refractivity contribution is 5.97. The van der Waals surface area contributed by atoms with E-state index in [1.807, 2.05) is 64.1 Å². The second-order valence-corrected chi connectivity index (χ2v) is 9.47. The summed E-state index contributed by atoms with van der Waals surface area (Å²) in [5.74, 6) is 0.213. The Balaban J connectivity index is 1.59. The van der Waals surface area contributed by atoms with Gasteiger partial charge < -0.3 is 0 Å². The predicted octanol–water partition coefficient (Wildman–Crippen LogP) is 7.85. The van der Waals surface area contributed by atoms with Crippen LogP contribution in [0.2, 0.25) is 0 Å². The van der Waals surface area contributed by atoms with Crippen LogP contribution in [0.4, 0.5) is 0 Å². The van der Waals surface area contributed by atoms with Crippen molar-refractivity contribution in [2.24, 2.45) is 0 Å². The van der Waals surface area contributed by atoms with Gasteiger partial charge in [-0.2, -0.15) is 0 Å². The van der Waals surface area contributed by atoms with E-state index in [2.05, 4.69) is 72.8 Å². The van der Waals surface area contributed by atoms with Crippen LogP contribution < -0.4 is 0 Å². The fourth-order valence-corrected chi connectivity index (χ4v) is 4.46. The molecule has 0 unspecified atom stereocenters. The topological polar surface area (TPSA) is 17.1 Å². The summed E-state index contributed by atoms with van der Waals surface area (Å²) in [7, 11) is 0. The van der Waals surface area contributed by atoms with Crippen LogP contribution in [0.15, 0.2) is 109 Å². The summed E-state index contributed by atoms with van der Waals surface area (Å²) >= 11 is 0. The lowest BCUT2D eigenvalue weighted by atomic mass is 9.67. The van der Waals surface area contributed by atoms with Crippen molar-refractivity contribution in [1.29, 1.82) is 0 Å². The molecule has 0 spiro atoms. The SMILES string of the molecule is CC(C)(C(=O)C(C)(C)c1ccc(-c2ccccc2)cc1)c1ccc(-c2ccccc2)cc1. The molecular weight excluding hydrogens is 388 g/mol. The second-order valence-electron chi connectivity index (χ2n) is 9.47. The van der Waals surface area contributed by atoms with Gasteiger partial charge in [-0.15, -0.1) is 0 Å². The molecule has 0 atom stereocenters. The minimum Gasteiger partial charge on any atom is -0.298 e. The predicted molar refractivity (Wildman–Crippen MR) is 135 cm³/mol. The number of ketones is 1. The van der Waals surface area contributed by atoms with Crippen molar-refractivity contribution in [3.63, 3.8) is 0 Å². The van der Waals surface area contributed by atoms with Crippen LogP contribution in [0.5, 0.6) is 0 Å². The van der Waals surface area contributed by atoms with Crippen molar-refractivity contribution in [3.8, 4) is 22.3 Å². The molecule has 32 heavy (non-hydrogen) atoms. The Morgan fingerprint density at radius 3 is 1.03 bits per heavy atom. The van der Waals surface area contributed by atoms with Gasteiger partial charge in [-0.25, -0.2) is 0 Å². The number of benzene rings is 4. The van der Waals surface area contributed by atoms with Gasteiger partial charge in [-0.3, -0.25) is 4.79 Å². The summed E-state index contributed by atoms with van der Waals surface area (Å²) < 4.78 is 0. The van der Waals surface area contributed by atoms with Gasteiger partial charge in [0.25, 0.3) is 0 Å². The number of hydrogen-bond acceptors (Lipinski definition) is 1. The third kappa shape index (κ3) is 4.16. The van der Waals surface area contributed by atoms with E-state index in [4.69, 9.17) is 0 Å². The molecule has 0 aliphatic rings. The Labute approximate surface area is 191 Å². The van der Waals surface area contributed by atoms with Crippen molar-refractivity contribution < 1.29 is 4.79 Å². The number of rotatable bonds is 6. The molecule has 160 valence electrons. The summed E-state index contributed by atoms with van der Waals surface area (Å²) in [5, 5.41) is 0. The molecule has 0 aliphatic carbocycles. The molecule has 0 radical (unpaired) electrons. The number of Topliss-reactive ketones (excluding diaryl/α,β-unsaturated/α-hetero) is 1. The molecule has 4 aromatic rings. The average Bonchev–Trinajstić information content (AvgIpc) is 2.85. The van der Waals surface area contributed by atoms with Crippen LogP contribution in [-0.4, -0.2) is 5.78 Å². The maximum Gasteiger partial charge on any atom is 0.152 e. The summed E-state index contributed by atoms with van der Waals surface area (Å²) in [5.41, 5.74) is 5.56. The van der Waals surface area contributed by atoms with E-state index in [0.717, 1.165) is 22.3 Å². The first kappa shape index (κ1) is 21.8. The maximum absolute atomic E-state index is 13.8. The van der Waals surface area contributed by atoms with Gasteiger partial charge >= 0.3 is 0 Å². The quantitative estimate of drug-likeness (QED) is 0.312. The molecule has 0 saturated heterocycles. The van der Waals surface area contributed by atoms with E-state index < -0.39 is 10.8 Å². The fraction of sp³-hybridized carbons (Fsp3) is 0.194. The zero-order valence-electron chi connectivity index (χ0n) is 19.3. The Kier molecular flexibility index (Phi) is 5.84. The van der Waals surface area contributed by atoms with Crippen LogP contribution in [0.25, 0.3) is 22.3 Å². The van der Waals surface area contributed by atoms with Crippen molar-refractivity contribution in [1.82, 2.24) is 0 Å². The standard InChI is InChI=1S/C31H30O/c1-30(2,27-19-15-25(16-20-27)23-11-7-5-8-12-23)29(32)31(3,4)28-21-17-26(18-22-28)24-13-9-6-10-14-24/h5-22H,1-4H3. The zero-order chi connectivity index (χ0) is 22.8. The van der Waals surface area contributed by atoms with Crippen LogP contribution in [0, 0.1) is 0 Å². The number of hydrogen-bond donors (Lipinski definition) is 0. The lowest BCUT2D eigenvalue weighted by Crippen LogP contribution is -2.42. The summed E-state index contributed by atoms with van der Waals surface area (Å²) in [6, 6.07) is 37.5. The summed E-state index contributed by atoms with van der Waals surface area (Å²) in [6.07, 6.45) is 0. The smallest absolute Gasteiger partial charge is 0.152 e. The van der Waals surface area contributed by atoms with Crippen LogP contribution in [0.3, 0.4) is 0 Å². The molecule has 0 N–H and O–H groups in total. The highest BCUT2D eigenvalue weighted by atomic mass is 16.1. The third-order valence-corrected chi connectivity index (χ3v) is 6.56. The van der Waals surface area contributed by atoms with Crippen molar-refractivity contribution >= 4 is 5.78 Å². The fourth-order valence-electron chi connectivity index (χ4n) is 4.46. The normalized spacial score (nSPS) is 11.9. The Bertz CT molecular complexity index is 1090. The zero-order valence-corrected chi connectivity index (χ0v) is 19.3. The second kappa shape index (κ2) is 8.59. The van der Waals surface area contributed by atoms with E-state index in [9.17, 15) is 4.79 Å². The highest BCUT2D eigenvalue weighted by Crippen LogP contribution is 2.37. The third-order valence-electron chi connectivity index (χ3n) is 6.56. The lowest BCUT2D eigenvalue weighted by Gasteiger charge is -2.34. The highest BCUT2D eigenvalue weighted by Gasteiger charge is 2.41. The molecule has 0 aliphatic heterocycles. The Morgan fingerprint density at radius 1 is 0.438 bits per heavy atom. The van der Waals surface area contributed by atoms with E-state index in [1.165, 1.54) is 11.1 Å². The first-order valence-corrected chi connectivity index (χ1v) is 11.2. The lowest BCUT2D eigenvalue weighted by molar-refractivity contribution is -0.128. The van der Waals surface area contributed by atoms with Crippen molar-refractivity contribution in [3.05, 3.63) is 120 Å². The minimum absolute atomic E-state index is 0.213. The molecule has 0 bridgehead atoms. The first-order valence-electron chi connectivity index (χ1n) is 11.2. The number of carbonyl (C=O) groups excluding carboxylic acids is 1. The monoisotopic (exact) mass is 418 g/mol. The molecule has 4 rings (SSSR count). The van der Waals surface area contributed by atoms with Gasteiger partial charge in [0.1, 0.15) is 0 Å². The van der Waals surface area contributed by atoms with Crippen LogP contribution in [-0.2, 0) is 15.6 Å². The van der Waals surface area contributed by atoms with E-state index in [1.54, 1.807) is 0 Å². The molecule has 1 heteroatoms. The average molecular weight is 419 g/mol. The van der Waals surface area contributed by atoms with E-state index >= 15 is 0 Å². The molecule has 0 heterocycles. The van der Waals surface area contributed by atoms with E-state index in [-0.39, 0.29) is 5.78 Å². The van der Waals surface area contributed by atoms with Crippen LogP contribution >= 0.6 is 0 Å². The molecule has 0 amide bonds. The molecule has 0 aromatic heterocycles. The Morgan fingerprint density at radius 2 is 0.719 bits per heavy atom. The summed E-state index contributed by atoms with van der Waals surface area (Å²) in [6.45, 7) is 8.14. The molecular formula is C31H30O. The van der Waals surface area contributed by atoms with Crippen molar-refractivity contribution in [2.75, 3.05) is 0 Å². The minimum atomic E-state index is -0.600.